The number of nitrogens with two attached hydrogens (primary N) is 2. The van der Waals surface area contributed by atoms with Crippen LogP contribution in [0.1, 0.15) is 12.8 Å². The van der Waals surface area contributed by atoms with Crippen molar-refractivity contribution in [3.05, 3.63) is 0 Å². The minimum absolute atomic E-state index is 0.0130. The van der Waals surface area contributed by atoms with Gasteiger partial charge in [0.1, 0.15) is 6.04 Å². The lowest BCUT2D eigenvalue weighted by Crippen LogP contribution is -2.48. The first-order chi connectivity index (χ1) is 7.02. The molecule has 0 spiro atoms. The SMILES string of the molecule is NC(=O)[C@@H]1CCCN1C(=O)CNC(N)=S. The Labute approximate surface area is 93.0 Å². The van der Waals surface area contributed by atoms with Gasteiger partial charge in [-0.15, -0.1) is 0 Å². The number of hydrogen-bond acceptors (Lipinski definition) is 3. The number of nitrogens with zero attached hydrogens (tertiary/aromatic N) is 1. The van der Waals surface area contributed by atoms with E-state index in [4.69, 9.17) is 11.5 Å². The fourth-order valence-electron chi connectivity index (χ4n) is 1.63. The molecule has 1 aliphatic heterocycles. The number of hydrogen-bond donors (Lipinski definition) is 3. The van der Waals surface area contributed by atoms with Gasteiger partial charge in [0.25, 0.3) is 0 Å². The number of rotatable bonds is 3. The second-order valence-electron chi connectivity index (χ2n) is 3.37. The van der Waals surface area contributed by atoms with Crippen LogP contribution in [0.15, 0.2) is 0 Å². The lowest BCUT2D eigenvalue weighted by Gasteiger charge is -2.22. The van der Waals surface area contributed by atoms with E-state index in [1.54, 1.807) is 0 Å². The van der Waals surface area contributed by atoms with Crippen LogP contribution in [0, 0.1) is 0 Å². The summed E-state index contributed by atoms with van der Waals surface area (Å²) < 4.78 is 0. The predicted molar refractivity (Wildman–Crippen MR) is 58.7 cm³/mol. The highest BCUT2D eigenvalue weighted by molar-refractivity contribution is 7.80. The number of thiocarbonyl (C=S) groups is 1. The van der Waals surface area contributed by atoms with Crippen molar-refractivity contribution in [1.82, 2.24) is 10.2 Å². The average Bonchev–Trinajstić information content (AvgIpc) is 2.62. The van der Waals surface area contributed by atoms with Crippen molar-refractivity contribution >= 4 is 29.1 Å². The van der Waals surface area contributed by atoms with Crippen molar-refractivity contribution in [1.29, 1.82) is 0 Å². The third-order valence-corrected chi connectivity index (χ3v) is 2.46. The lowest BCUT2D eigenvalue weighted by atomic mass is 10.2. The number of carbonyl (C=O) groups excluding carboxylic acids is 2. The quantitative estimate of drug-likeness (QED) is 0.501. The minimum Gasteiger partial charge on any atom is -0.376 e. The van der Waals surface area contributed by atoms with Crippen LogP contribution in [0.2, 0.25) is 0 Å². The van der Waals surface area contributed by atoms with Gasteiger partial charge in [-0.1, -0.05) is 0 Å². The molecule has 2 amide bonds. The summed E-state index contributed by atoms with van der Waals surface area (Å²) >= 11 is 4.57. The van der Waals surface area contributed by atoms with Crippen LogP contribution in [-0.4, -0.2) is 41.0 Å². The molecule has 0 aromatic carbocycles. The first kappa shape index (κ1) is 11.7. The van der Waals surface area contributed by atoms with E-state index in [9.17, 15) is 9.59 Å². The molecule has 1 aliphatic rings. The molecule has 0 aromatic heterocycles. The maximum Gasteiger partial charge on any atom is 0.242 e. The lowest BCUT2D eigenvalue weighted by molar-refractivity contribution is -0.136. The summed E-state index contributed by atoms with van der Waals surface area (Å²) in [7, 11) is 0. The number of carbonyl (C=O) groups is 2. The van der Waals surface area contributed by atoms with Crippen molar-refractivity contribution in [2.75, 3.05) is 13.1 Å². The monoisotopic (exact) mass is 230 g/mol. The summed E-state index contributed by atoms with van der Waals surface area (Å²) in [5.74, 6) is -0.666. The highest BCUT2D eigenvalue weighted by Crippen LogP contribution is 2.16. The van der Waals surface area contributed by atoms with E-state index in [2.05, 4.69) is 17.5 Å². The van der Waals surface area contributed by atoms with Crippen molar-refractivity contribution < 1.29 is 9.59 Å². The molecule has 15 heavy (non-hydrogen) atoms. The molecular formula is C8H14N4O2S. The Balaban J connectivity index is 2.51. The maximum absolute atomic E-state index is 11.6. The molecule has 1 rings (SSSR count). The Morgan fingerprint density at radius 2 is 2.13 bits per heavy atom. The average molecular weight is 230 g/mol. The van der Waals surface area contributed by atoms with Crippen molar-refractivity contribution in [2.24, 2.45) is 11.5 Å². The van der Waals surface area contributed by atoms with Gasteiger partial charge in [0.15, 0.2) is 5.11 Å². The van der Waals surface area contributed by atoms with Crippen LogP contribution in [0.25, 0.3) is 0 Å². The van der Waals surface area contributed by atoms with Crippen LogP contribution in [0.4, 0.5) is 0 Å². The highest BCUT2D eigenvalue weighted by Gasteiger charge is 2.32. The van der Waals surface area contributed by atoms with Gasteiger partial charge >= 0.3 is 0 Å². The zero-order valence-corrected chi connectivity index (χ0v) is 9.05. The number of likely N-dealkylation sites (tertiary alicyclic amines) is 1. The summed E-state index contributed by atoms with van der Waals surface area (Å²) in [6.45, 7) is 0.574. The molecule has 1 heterocycles. The van der Waals surface area contributed by atoms with Gasteiger partial charge < -0.3 is 21.7 Å². The summed E-state index contributed by atoms with van der Waals surface area (Å²) in [5, 5.41) is 2.62. The number of primary amides is 1. The maximum atomic E-state index is 11.6. The molecule has 0 unspecified atom stereocenters. The summed E-state index contributed by atoms with van der Waals surface area (Å²) in [4.78, 5) is 24.1. The molecule has 5 N–H and O–H groups in total. The molecule has 1 atom stereocenters. The van der Waals surface area contributed by atoms with Gasteiger partial charge in [0.05, 0.1) is 6.54 Å². The second-order valence-corrected chi connectivity index (χ2v) is 3.81. The standard InChI is InChI=1S/C8H14N4O2S/c9-7(14)5-2-1-3-12(5)6(13)4-11-8(10)15/h5H,1-4H2,(H2,9,14)(H3,10,11,15)/t5-/m0/s1. The summed E-state index contributed by atoms with van der Waals surface area (Å²) in [5.41, 5.74) is 10.4. The molecule has 0 saturated carbocycles. The zero-order valence-electron chi connectivity index (χ0n) is 8.23. The van der Waals surface area contributed by atoms with Crippen LogP contribution in [0.3, 0.4) is 0 Å². The molecule has 0 aliphatic carbocycles. The van der Waals surface area contributed by atoms with E-state index in [0.717, 1.165) is 6.42 Å². The molecule has 1 saturated heterocycles. The molecule has 1 fully saturated rings. The van der Waals surface area contributed by atoms with Crippen LogP contribution in [0.5, 0.6) is 0 Å². The molecule has 7 heteroatoms. The fraction of sp³-hybridized carbons (Fsp3) is 0.625. The normalized spacial score (nSPS) is 20.0. The van der Waals surface area contributed by atoms with Crippen LogP contribution < -0.4 is 16.8 Å². The topological polar surface area (TPSA) is 101 Å². The van der Waals surface area contributed by atoms with Gasteiger partial charge in [-0.3, -0.25) is 9.59 Å². The van der Waals surface area contributed by atoms with Gasteiger partial charge in [-0.05, 0) is 25.1 Å². The Hall–Kier alpha value is -1.37. The third-order valence-electron chi connectivity index (χ3n) is 2.32. The van der Waals surface area contributed by atoms with Crippen LogP contribution >= 0.6 is 12.2 Å². The van der Waals surface area contributed by atoms with Gasteiger partial charge in [0, 0.05) is 6.54 Å². The van der Waals surface area contributed by atoms with Gasteiger partial charge in [0.2, 0.25) is 11.8 Å². The second kappa shape index (κ2) is 4.92. The largest absolute Gasteiger partial charge is 0.376 e. The van der Waals surface area contributed by atoms with E-state index >= 15 is 0 Å². The van der Waals surface area contributed by atoms with E-state index in [-0.39, 0.29) is 17.6 Å². The third kappa shape index (κ3) is 3.05. The smallest absolute Gasteiger partial charge is 0.242 e. The molecule has 84 valence electrons. The van der Waals surface area contributed by atoms with E-state index in [1.807, 2.05) is 0 Å². The first-order valence-corrected chi connectivity index (χ1v) is 5.05. The minimum atomic E-state index is -0.481. The number of amides is 2. The number of nitrogens with one attached hydrogen (secondary N) is 1. The molecule has 6 nitrogen and oxygen atoms in total. The Kier molecular flexibility index (Phi) is 3.84. The van der Waals surface area contributed by atoms with Gasteiger partial charge in [-0.25, -0.2) is 0 Å². The first-order valence-electron chi connectivity index (χ1n) is 4.64. The zero-order chi connectivity index (χ0) is 11.4. The van der Waals surface area contributed by atoms with E-state index < -0.39 is 11.9 Å². The highest BCUT2D eigenvalue weighted by atomic mass is 32.1. The Morgan fingerprint density at radius 3 is 2.67 bits per heavy atom. The molecule has 0 radical (unpaired) electrons. The summed E-state index contributed by atoms with van der Waals surface area (Å²) in [6, 6.07) is -0.481. The Bertz CT molecular complexity index is 294. The molecular weight excluding hydrogens is 216 g/mol. The van der Waals surface area contributed by atoms with Crippen molar-refractivity contribution in [3.8, 4) is 0 Å². The molecule has 0 aromatic rings. The van der Waals surface area contributed by atoms with Crippen LogP contribution in [-0.2, 0) is 9.59 Å². The van der Waals surface area contributed by atoms with Crippen molar-refractivity contribution in [2.45, 2.75) is 18.9 Å². The molecule has 0 bridgehead atoms. The summed E-state index contributed by atoms with van der Waals surface area (Å²) in [6.07, 6.45) is 1.43. The fourth-order valence-corrected chi connectivity index (χ4v) is 1.70. The van der Waals surface area contributed by atoms with E-state index in [0.29, 0.717) is 13.0 Å². The van der Waals surface area contributed by atoms with Crippen molar-refractivity contribution in [3.63, 3.8) is 0 Å². The van der Waals surface area contributed by atoms with Gasteiger partial charge in [-0.2, -0.15) is 0 Å². The predicted octanol–water partition coefficient (Wildman–Crippen LogP) is -1.70. The Morgan fingerprint density at radius 1 is 1.47 bits per heavy atom. The van der Waals surface area contributed by atoms with E-state index in [1.165, 1.54) is 4.90 Å².